The van der Waals surface area contributed by atoms with E-state index in [4.69, 9.17) is 13.9 Å². The van der Waals surface area contributed by atoms with E-state index in [-0.39, 0.29) is 35.3 Å². The number of ether oxygens (including phenoxy) is 2. The average Bonchev–Trinajstić information content (AvgIpc) is 3.24. The van der Waals surface area contributed by atoms with Gasteiger partial charge in [0, 0.05) is 18.4 Å². The van der Waals surface area contributed by atoms with Gasteiger partial charge in [-0.3, -0.25) is 9.88 Å². The van der Waals surface area contributed by atoms with E-state index in [1.54, 1.807) is 18.3 Å². The molecular weight excluding hydrogens is 496 g/mol. The van der Waals surface area contributed by atoms with Crippen molar-refractivity contribution in [1.29, 1.82) is 0 Å². The number of methoxy groups -OCH3 is 1. The van der Waals surface area contributed by atoms with Crippen LogP contribution in [-0.4, -0.2) is 55.1 Å². The summed E-state index contributed by atoms with van der Waals surface area (Å²) in [5.74, 6) is -0.366. The molecule has 1 saturated heterocycles. The van der Waals surface area contributed by atoms with E-state index in [0.717, 1.165) is 24.0 Å². The second kappa shape index (κ2) is 11.6. The molecule has 0 N–H and O–H groups in total. The maximum Gasteiger partial charge on any atom is 0.410 e. The molecule has 1 aliphatic heterocycles. The Morgan fingerprint density at radius 1 is 1.05 bits per heavy atom. The van der Waals surface area contributed by atoms with E-state index in [2.05, 4.69) is 38.8 Å². The lowest BCUT2D eigenvalue weighted by atomic mass is 10.0. The largest absolute Gasteiger partial charge is 0.465 e. The lowest BCUT2D eigenvalue weighted by molar-refractivity contribution is -0.00244. The summed E-state index contributed by atoms with van der Waals surface area (Å²) in [4.78, 5) is 31.9. The van der Waals surface area contributed by atoms with Crippen LogP contribution >= 0.6 is 0 Å². The van der Waals surface area contributed by atoms with Gasteiger partial charge in [-0.25, -0.2) is 9.59 Å². The van der Waals surface area contributed by atoms with Crippen LogP contribution in [0.15, 0.2) is 48.8 Å². The summed E-state index contributed by atoms with van der Waals surface area (Å²) in [6.07, 6.45) is 5.22. The Morgan fingerprint density at radius 3 is 2.24 bits per heavy atom. The number of carbonyl (C=O) groups excluding carboxylic acids is 2. The Morgan fingerprint density at radius 2 is 1.71 bits per heavy atom. The van der Waals surface area contributed by atoms with Gasteiger partial charge in [0.2, 0.25) is 0 Å². The van der Waals surface area contributed by atoms with E-state index in [1.807, 2.05) is 56.1 Å². The normalized spacial score (nSPS) is 19.2. The Balaban J connectivity index is 1.98. The minimum Gasteiger partial charge on any atom is -0.465 e. The molecule has 0 radical (unpaired) electrons. The van der Waals surface area contributed by atoms with Crippen LogP contribution in [0.3, 0.4) is 0 Å². The van der Waals surface area contributed by atoms with Crippen molar-refractivity contribution in [1.82, 2.24) is 9.88 Å². The molecule has 0 bridgehead atoms. The molecule has 1 amide bonds. The third kappa shape index (κ3) is 7.23. The summed E-state index contributed by atoms with van der Waals surface area (Å²) in [5, 5.41) is 0.00357. The second-order valence-corrected chi connectivity index (χ2v) is 17.4. The number of rotatable bonds is 7. The highest BCUT2D eigenvalue weighted by atomic mass is 28.4. The van der Waals surface area contributed by atoms with Crippen molar-refractivity contribution >= 4 is 20.4 Å². The fraction of sp³-hybridized carbons (Fsp3) is 0.567. The van der Waals surface area contributed by atoms with Gasteiger partial charge < -0.3 is 13.9 Å². The number of hydrogen-bond acceptors (Lipinski definition) is 6. The number of pyridine rings is 1. The molecule has 0 saturated carbocycles. The van der Waals surface area contributed by atoms with Crippen LogP contribution in [-0.2, 0) is 20.3 Å². The first-order valence-electron chi connectivity index (χ1n) is 13.4. The van der Waals surface area contributed by atoms with E-state index in [9.17, 15) is 9.59 Å². The van der Waals surface area contributed by atoms with Gasteiger partial charge in [-0.1, -0.05) is 39.0 Å². The highest BCUT2D eigenvalue weighted by Gasteiger charge is 2.47. The molecule has 3 rings (SSSR count). The molecule has 2 unspecified atom stereocenters. The topological polar surface area (TPSA) is 78.0 Å². The quantitative estimate of drug-likeness (QED) is 0.280. The molecule has 0 aliphatic carbocycles. The van der Waals surface area contributed by atoms with E-state index in [1.165, 1.54) is 7.11 Å². The van der Waals surface area contributed by atoms with Crippen molar-refractivity contribution in [3.8, 4) is 0 Å². The van der Waals surface area contributed by atoms with Crippen molar-refractivity contribution < 1.29 is 23.5 Å². The molecule has 38 heavy (non-hydrogen) atoms. The number of esters is 1. The van der Waals surface area contributed by atoms with Crippen molar-refractivity contribution in [3.63, 3.8) is 0 Å². The lowest BCUT2D eigenvalue weighted by Gasteiger charge is -2.43. The molecule has 1 aromatic carbocycles. The van der Waals surface area contributed by atoms with Crippen LogP contribution in [0.5, 0.6) is 0 Å². The molecule has 3 atom stereocenters. The van der Waals surface area contributed by atoms with Crippen LogP contribution in [0, 0.1) is 0 Å². The Labute approximate surface area is 229 Å². The third-order valence-electron chi connectivity index (χ3n) is 7.59. The zero-order valence-corrected chi connectivity index (χ0v) is 25.4. The first-order chi connectivity index (χ1) is 17.6. The molecule has 2 heterocycles. The molecule has 1 aliphatic rings. The summed E-state index contributed by atoms with van der Waals surface area (Å²) < 4.78 is 17.8. The van der Waals surface area contributed by atoms with Gasteiger partial charge in [-0.2, -0.15) is 0 Å². The predicted octanol–water partition coefficient (Wildman–Crippen LogP) is 6.94. The Hall–Kier alpha value is -2.71. The molecule has 1 fully saturated rings. The van der Waals surface area contributed by atoms with Gasteiger partial charge in [0.05, 0.1) is 24.8 Å². The summed E-state index contributed by atoms with van der Waals surface area (Å²) in [6, 6.07) is 11.1. The van der Waals surface area contributed by atoms with Crippen LogP contribution in [0.4, 0.5) is 4.79 Å². The van der Waals surface area contributed by atoms with E-state index < -0.39 is 13.9 Å². The van der Waals surface area contributed by atoms with Crippen molar-refractivity contribution in [2.75, 3.05) is 7.11 Å². The Bertz CT molecular complexity index is 1090. The Kier molecular flexibility index (Phi) is 9.09. The maximum absolute atomic E-state index is 13.7. The predicted molar refractivity (Wildman–Crippen MR) is 152 cm³/mol. The van der Waals surface area contributed by atoms with Crippen LogP contribution in [0.25, 0.3) is 0 Å². The van der Waals surface area contributed by atoms with Crippen LogP contribution in [0.2, 0.25) is 18.1 Å². The molecule has 208 valence electrons. The van der Waals surface area contributed by atoms with Gasteiger partial charge in [-0.05, 0) is 87.5 Å². The number of benzene rings is 1. The zero-order chi connectivity index (χ0) is 28.3. The number of carbonyl (C=O) groups is 2. The van der Waals surface area contributed by atoms with Crippen LogP contribution in [0.1, 0.15) is 82.0 Å². The first kappa shape index (κ1) is 29.8. The van der Waals surface area contributed by atoms with E-state index >= 15 is 0 Å². The van der Waals surface area contributed by atoms with Crippen LogP contribution < -0.4 is 0 Å². The molecule has 1 aromatic heterocycles. The van der Waals surface area contributed by atoms with Crippen molar-refractivity contribution in [2.24, 2.45) is 0 Å². The van der Waals surface area contributed by atoms with Gasteiger partial charge in [0.15, 0.2) is 8.32 Å². The minimum atomic E-state index is -2.20. The number of nitrogens with zero attached hydrogens (tertiary/aromatic N) is 2. The van der Waals surface area contributed by atoms with Crippen molar-refractivity contribution in [3.05, 3.63) is 65.5 Å². The molecular formula is C30H44N2O5Si. The number of amides is 1. The van der Waals surface area contributed by atoms with Crippen molar-refractivity contribution in [2.45, 2.75) is 103 Å². The third-order valence-corrected chi connectivity index (χ3v) is 12.0. The lowest BCUT2D eigenvalue weighted by Crippen LogP contribution is -2.50. The first-order valence-corrected chi connectivity index (χ1v) is 16.3. The van der Waals surface area contributed by atoms with Gasteiger partial charge in [-0.15, -0.1) is 0 Å². The number of hydrogen-bond donors (Lipinski definition) is 0. The highest BCUT2D eigenvalue weighted by Crippen LogP contribution is 2.44. The maximum atomic E-state index is 13.7. The van der Waals surface area contributed by atoms with Gasteiger partial charge in [0.25, 0.3) is 0 Å². The highest BCUT2D eigenvalue weighted by molar-refractivity contribution is 6.74. The van der Waals surface area contributed by atoms with E-state index in [0.29, 0.717) is 12.0 Å². The smallest absolute Gasteiger partial charge is 0.410 e. The zero-order valence-electron chi connectivity index (χ0n) is 24.4. The number of likely N-dealkylation sites (tertiary alicyclic amines) is 1. The standard InChI is InChI=1S/C30H44N2O5Si/c1-29(2,3)36-28(34)32-24(19-21-12-14-22(15-13-21)27(33)35-7)16-17-25(32)26(23-11-10-18-31-20-23)37-38(8,9)30(4,5)6/h10-15,18,20,24-26H,16-17,19H2,1-9H3/t24?,25?,26-/m1/s1. The molecule has 8 heteroatoms. The summed E-state index contributed by atoms with van der Waals surface area (Å²) in [6.45, 7) is 16.8. The molecule has 7 nitrogen and oxygen atoms in total. The monoisotopic (exact) mass is 540 g/mol. The average molecular weight is 541 g/mol. The second-order valence-electron chi connectivity index (χ2n) is 12.7. The molecule has 0 spiro atoms. The minimum absolute atomic E-state index is 0.00357. The summed E-state index contributed by atoms with van der Waals surface area (Å²) >= 11 is 0. The van der Waals surface area contributed by atoms with Gasteiger partial charge >= 0.3 is 12.1 Å². The summed E-state index contributed by atoms with van der Waals surface area (Å²) in [5.41, 5.74) is 1.89. The SMILES string of the molecule is COC(=O)c1ccc(CC2CCC([C@H](O[Si](C)(C)C(C)(C)C)c3cccnc3)N2C(=O)OC(C)(C)C)cc1. The van der Waals surface area contributed by atoms with Gasteiger partial charge in [0.1, 0.15) is 5.60 Å². The fourth-order valence-electron chi connectivity index (χ4n) is 4.58. The molecule has 2 aromatic rings. The number of aromatic nitrogens is 1. The summed E-state index contributed by atoms with van der Waals surface area (Å²) in [7, 11) is -0.824. The fourth-order valence-corrected chi connectivity index (χ4v) is 5.86.